The van der Waals surface area contributed by atoms with Gasteiger partial charge in [0.25, 0.3) is 0 Å². The Morgan fingerprint density at radius 2 is 2.12 bits per heavy atom. The van der Waals surface area contributed by atoms with Gasteiger partial charge in [-0.2, -0.15) is 0 Å². The first-order valence-electron chi connectivity index (χ1n) is 4.65. The third-order valence-corrected chi connectivity index (χ3v) is 3.00. The zero-order valence-electron chi connectivity index (χ0n) is 9.39. The maximum absolute atomic E-state index is 11.5. The van der Waals surface area contributed by atoms with Crippen molar-refractivity contribution in [3.63, 3.8) is 0 Å². The first-order chi connectivity index (χ1) is 7.33. The fraction of sp³-hybridized carbons (Fsp3) is 0.500. The van der Waals surface area contributed by atoms with Gasteiger partial charge in [0.1, 0.15) is 27.3 Å². The van der Waals surface area contributed by atoms with Crippen LogP contribution in [0.2, 0.25) is 0 Å². The van der Waals surface area contributed by atoms with Gasteiger partial charge in [-0.1, -0.05) is 0 Å². The summed E-state index contributed by atoms with van der Waals surface area (Å²) in [5.41, 5.74) is 0. The van der Waals surface area contributed by atoms with Gasteiger partial charge in [0.15, 0.2) is 0 Å². The van der Waals surface area contributed by atoms with Gasteiger partial charge in [-0.05, 0) is 19.1 Å². The Morgan fingerprint density at radius 3 is 2.50 bits per heavy atom. The molecule has 0 bridgehead atoms. The lowest BCUT2D eigenvalue weighted by Crippen LogP contribution is -2.22. The van der Waals surface area contributed by atoms with Crippen molar-refractivity contribution in [1.29, 1.82) is 0 Å². The molecule has 1 aromatic rings. The second-order valence-electron chi connectivity index (χ2n) is 3.62. The van der Waals surface area contributed by atoms with E-state index >= 15 is 0 Å². The molecule has 0 aliphatic carbocycles. The SMILES string of the molecule is COC(=O)C(CS(C)(=O)=O)c1ccc(C)o1. The van der Waals surface area contributed by atoms with Gasteiger partial charge in [0.2, 0.25) is 0 Å². The second-order valence-corrected chi connectivity index (χ2v) is 5.80. The molecular formula is C10H14O5S. The standard InChI is InChI=1S/C10H14O5S/c1-7-4-5-9(15-7)8(10(11)14-2)6-16(3,12)13/h4-5,8H,6H2,1-3H3. The van der Waals surface area contributed by atoms with E-state index < -0.39 is 21.7 Å². The van der Waals surface area contributed by atoms with Crippen LogP contribution in [-0.2, 0) is 19.4 Å². The summed E-state index contributed by atoms with van der Waals surface area (Å²) in [6.07, 6.45) is 1.07. The van der Waals surface area contributed by atoms with Crippen LogP contribution >= 0.6 is 0 Å². The Balaban J connectivity index is 3.01. The van der Waals surface area contributed by atoms with Crippen LogP contribution in [0.15, 0.2) is 16.5 Å². The van der Waals surface area contributed by atoms with E-state index in [2.05, 4.69) is 4.74 Å². The highest BCUT2D eigenvalue weighted by Gasteiger charge is 2.28. The normalized spacial score (nSPS) is 13.4. The minimum absolute atomic E-state index is 0.313. The highest BCUT2D eigenvalue weighted by molar-refractivity contribution is 7.90. The molecule has 5 nitrogen and oxygen atoms in total. The van der Waals surface area contributed by atoms with Gasteiger partial charge >= 0.3 is 5.97 Å². The number of rotatable bonds is 4. The summed E-state index contributed by atoms with van der Waals surface area (Å²) in [6, 6.07) is 3.26. The molecule has 0 N–H and O–H groups in total. The molecule has 0 radical (unpaired) electrons. The van der Waals surface area contributed by atoms with Crippen LogP contribution in [0.3, 0.4) is 0 Å². The van der Waals surface area contributed by atoms with Crippen molar-refractivity contribution >= 4 is 15.8 Å². The van der Waals surface area contributed by atoms with Gasteiger partial charge in [0.05, 0.1) is 12.9 Å². The number of furan rings is 1. The van der Waals surface area contributed by atoms with Gasteiger partial charge < -0.3 is 9.15 Å². The molecule has 0 spiro atoms. The lowest BCUT2D eigenvalue weighted by atomic mass is 10.1. The van der Waals surface area contributed by atoms with Gasteiger partial charge in [-0.3, -0.25) is 4.79 Å². The highest BCUT2D eigenvalue weighted by Crippen LogP contribution is 2.21. The number of carbonyl (C=O) groups excluding carboxylic acids is 1. The monoisotopic (exact) mass is 246 g/mol. The smallest absolute Gasteiger partial charge is 0.317 e. The Labute approximate surface area is 94.3 Å². The predicted octanol–water partition coefficient (Wildman–Crippen LogP) is 0.889. The second kappa shape index (κ2) is 4.69. The summed E-state index contributed by atoms with van der Waals surface area (Å²) in [6.45, 7) is 1.72. The molecule has 0 amide bonds. The van der Waals surface area contributed by atoms with Gasteiger partial charge in [-0.25, -0.2) is 8.42 Å². The third-order valence-electron chi connectivity index (χ3n) is 2.06. The molecule has 1 atom stereocenters. The quantitative estimate of drug-likeness (QED) is 0.738. The van der Waals surface area contributed by atoms with Gasteiger partial charge in [0, 0.05) is 6.26 Å². The van der Waals surface area contributed by atoms with Crippen molar-refractivity contribution in [1.82, 2.24) is 0 Å². The number of methoxy groups -OCH3 is 1. The van der Waals surface area contributed by atoms with Crippen LogP contribution in [-0.4, -0.2) is 33.5 Å². The zero-order valence-corrected chi connectivity index (χ0v) is 10.2. The first-order valence-corrected chi connectivity index (χ1v) is 6.71. The fourth-order valence-corrected chi connectivity index (χ4v) is 2.26. The van der Waals surface area contributed by atoms with E-state index in [1.54, 1.807) is 19.1 Å². The Hall–Kier alpha value is -1.30. The van der Waals surface area contributed by atoms with E-state index in [0.717, 1.165) is 6.26 Å². The first kappa shape index (κ1) is 12.8. The molecule has 0 aliphatic heterocycles. The fourth-order valence-electron chi connectivity index (χ4n) is 1.35. The van der Waals surface area contributed by atoms with Crippen LogP contribution in [0.4, 0.5) is 0 Å². The van der Waals surface area contributed by atoms with Crippen molar-refractivity contribution in [2.24, 2.45) is 0 Å². The topological polar surface area (TPSA) is 73.6 Å². The molecule has 1 unspecified atom stereocenters. The summed E-state index contributed by atoms with van der Waals surface area (Å²) in [4.78, 5) is 11.5. The van der Waals surface area contributed by atoms with E-state index in [0.29, 0.717) is 11.5 Å². The van der Waals surface area contributed by atoms with Crippen LogP contribution in [0.25, 0.3) is 0 Å². The summed E-state index contributed by atoms with van der Waals surface area (Å²) < 4.78 is 32.2. The number of carbonyl (C=O) groups is 1. The molecule has 0 aliphatic rings. The third kappa shape index (κ3) is 3.37. The molecule has 90 valence electrons. The van der Waals surface area contributed by atoms with E-state index in [1.165, 1.54) is 7.11 Å². The van der Waals surface area contributed by atoms with Gasteiger partial charge in [-0.15, -0.1) is 0 Å². The number of hydrogen-bond acceptors (Lipinski definition) is 5. The molecule has 1 rings (SSSR count). The molecule has 1 aromatic heterocycles. The van der Waals surface area contributed by atoms with Crippen molar-refractivity contribution in [2.75, 3.05) is 19.1 Å². The number of ether oxygens (including phenoxy) is 1. The lowest BCUT2D eigenvalue weighted by molar-refractivity contribution is -0.142. The van der Waals surface area contributed by atoms with E-state index in [-0.39, 0.29) is 5.75 Å². The molecule has 0 aromatic carbocycles. The van der Waals surface area contributed by atoms with E-state index in [4.69, 9.17) is 4.42 Å². The summed E-state index contributed by atoms with van der Waals surface area (Å²) in [7, 11) is -2.06. The number of esters is 1. The Bertz CT molecular complexity index is 471. The van der Waals surface area contributed by atoms with Crippen LogP contribution in [0.5, 0.6) is 0 Å². The predicted molar refractivity (Wildman–Crippen MR) is 57.9 cm³/mol. The zero-order chi connectivity index (χ0) is 12.3. The average molecular weight is 246 g/mol. The molecule has 1 heterocycles. The van der Waals surface area contributed by atoms with Crippen molar-refractivity contribution < 1.29 is 22.4 Å². The van der Waals surface area contributed by atoms with Crippen molar-refractivity contribution in [2.45, 2.75) is 12.8 Å². The van der Waals surface area contributed by atoms with Crippen molar-refractivity contribution in [3.05, 3.63) is 23.7 Å². The lowest BCUT2D eigenvalue weighted by Gasteiger charge is -2.10. The van der Waals surface area contributed by atoms with Crippen LogP contribution < -0.4 is 0 Å². The summed E-state index contributed by atoms with van der Waals surface area (Å²) >= 11 is 0. The molecule has 16 heavy (non-hydrogen) atoms. The number of aryl methyl sites for hydroxylation is 1. The molecule has 0 fully saturated rings. The Kier molecular flexibility index (Phi) is 3.74. The van der Waals surface area contributed by atoms with E-state index in [9.17, 15) is 13.2 Å². The Morgan fingerprint density at radius 1 is 1.50 bits per heavy atom. The summed E-state index contributed by atoms with van der Waals surface area (Å²) in [5, 5.41) is 0. The highest BCUT2D eigenvalue weighted by atomic mass is 32.2. The maximum Gasteiger partial charge on any atom is 0.317 e. The molecule has 6 heteroatoms. The molecule has 0 saturated heterocycles. The summed E-state index contributed by atoms with van der Waals surface area (Å²) in [5.74, 6) is -0.882. The average Bonchev–Trinajstić information content (AvgIpc) is 2.58. The minimum atomic E-state index is -3.28. The number of sulfone groups is 1. The largest absolute Gasteiger partial charge is 0.468 e. The molecule has 0 saturated carbocycles. The van der Waals surface area contributed by atoms with Crippen LogP contribution in [0.1, 0.15) is 17.4 Å². The van der Waals surface area contributed by atoms with Crippen molar-refractivity contribution in [3.8, 4) is 0 Å². The maximum atomic E-state index is 11.5. The van der Waals surface area contributed by atoms with E-state index in [1.807, 2.05) is 0 Å². The number of hydrogen-bond donors (Lipinski definition) is 0. The minimum Gasteiger partial charge on any atom is -0.468 e. The van der Waals surface area contributed by atoms with Crippen LogP contribution in [0, 0.1) is 6.92 Å². The molecular weight excluding hydrogens is 232 g/mol.